The number of ether oxygens (including phenoxy) is 5. The van der Waals surface area contributed by atoms with E-state index in [0.29, 0.717) is 0 Å². The number of esters is 4. The average molecular weight is 513 g/mol. The molecule has 0 unspecified atom stereocenters. The number of terminal acetylenes is 1. The van der Waals surface area contributed by atoms with Crippen LogP contribution in [-0.2, 0) is 57.4 Å². The standard InChI is InChI=1S/C14H19NO11.C7H2O3.H2/c1-6(16)22-5-10-11(15(20)21)12(23-7(2)17)13(24-8(3)18)14(26-10)25-9(4)19;1-2-3-4-5-6-9-10-7-8;/h10-14H,5H2,1-4H3;1,7H;1H/t10-,11-,12+,13+,14+;;/m1../s1. The topological polar surface area (TPSA) is 193 Å². The van der Waals surface area contributed by atoms with Crippen molar-refractivity contribution in [1.82, 2.24) is 0 Å². The predicted molar refractivity (Wildman–Crippen MR) is 114 cm³/mol. The Labute approximate surface area is 206 Å². The lowest BCUT2D eigenvalue weighted by atomic mass is 9.96. The summed E-state index contributed by atoms with van der Waals surface area (Å²) in [4.78, 5) is 72.8. The van der Waals surface area contributed by atoms with Crippen LogP contribution in [0.4, 0.5) is 0 Å². The molecule has 15 heteroatoms. The molecule has 0 spiro atoms. The zero-order valence-electron chi connectivity index (χ0n) is 19.4. The lowest BCUT2D eigenvalue weighted by Crippen LogP contribution is -2.64. The van der Waals surface area contributed by atoms with Gasteiger partial charge in [0.2, 0.25) is 18.5 Å². The molecule has 0 amide bonds. The van der Waals surface area contributed by atoms with E-state index >= 15 is 0 Å². The first-order chi connectivity index (χ1) is 16.9. The van der Waals surface area contributed by atoms with E-state index in [1.807, 2.05) is 12.0 Å². The van der Waals surface area contributed by atoms with Crippen molar-refractivity contribution in [2.75, 3.05) is 6.61 Å². The monoisotopic (exact) mass is 513 g/mol. The van der Waals surface area contributed by atoms with E-state index in [1.54, 1.807) is 0 Å². The molecule has 1 saturated heterocycles. The summed E-state index contributed by atoms with van der Waals surface area (Å²) < 4.78 is 24.8. The summed E-state index contributed by atoms with van der Waals surface area (Å²) in [6.45, 7) is 3.67. The summed E-state index contributed by atoms with van der Waals surface area (Å²) in [7, 11) is 0. The molecule has 0 aromatic heterocycles. The molecule has 0 N–H and O–H groups in total. The highest BCUT2D eigenvalue weighted by Gasteiger charge is 2.57. The number of carbonyl (C=O) groups excluding carboxylic acids is 5. The fourth-order valence-electron chi connectivity index (χ4n) is 2.54. The highest BCUT2D eigenvalue weighted by molar-refractivity contribution is 5.68. The fraction of sp³-hybridized carbons (Fsp3) is 0.476. The van der Waals surface area contributed by atoms with Gasteiger partial charge in [0, 0.05) is 45.9 Å². The van der Waals surface area contributed by atoms with Crippen LogP contribution in [0.25, 0.3) is 0 Å². The summed E-state index contributed by atoms with van der Waals surface area (Å²) in [5, 5.41) is 11.5. The maximum atomic E-state index is 11.5. The molecule has 196 valence electrons. The van der Waals surface area contributed by atoms with Crippen LogP contribution in [0.5, 0.6) is 0 Å². The van der Waals surface area contributed by atoms with Gasteiger partial charge < -0.3 is 23.7 Å². The highest BCUT2D eigenvalue weighted by atomic mass is 17.2. The number of hydrogen-bond donors (Lipinski definition) is 0. The number of nitro groups is 1. The molecule has 0 radical (unpaired) electrons. The molecule has 0 aromatic carbocycles. The van der Waals surface area contributed by atoms with Gasteiger partial charge in [-0.1, -0.05) is 0 Å². The minimum absolute atomic E-state index is 0. The lowest BCUT2D eigenvalue weighted by Gasteiger charge is -2.40. The first-order valence-corrected chi connectivity index (χ1v) is 9.60. The molecule has 1 rings (SSSR count). The van der Waals surface area contributed by atoms with Crippen molar-refractivity contribution in [1.29, 1.82) is 0 Å². The van der Waals surface area contributed by atoms with E-state index in [1.165, 1.54) is 0 Å². The summed E-state index contributed by atoms with van der Waals surface area (Å²) in [5.74, 6) is 5.30. The minimum Gasteiger partial charge on any atom is -0.463 e. The van der Waals surface area contributed by atoms with Gasteiger partial charge in [0.15, 0.2) is 12.2 Å². The summed E-state index contributed by atoms with van der Waals surface area (Å²) in [6, 6.07) is -1.74. The Morgan fingerprint density at radius 1 is 0.972 bits per heavy atom. The Morgan fingerprint density at radius 2 is 1.56 bits per heavy atom. The zero-order chi connectivity index (χ0) is 27.7. The third kappa shape index (κ3) is 12.4. The van der Waals surface area contributed by atoms with Crippen LogP contribution in [0.1, 0.15) is 29.1 Å². The van der Waals surface area contributed by atoms with Crippen molar-refractivity contribution in [3.63, 3.8) is 0 Å². The van der Waals surface area contributed by atoms with Gasteiger partial charge in [-0.25, -0.2) is 9.78 Å². The van der Waals surface area contributed by atoms with Crippen molar-refractivity contribution < 1.29 is 63.8 Å². The second kappa shape index (κ2) is 16.7. The van der Waals surface area contributed by atoms with Crippen LogP contribution >= 0.6 is 0 Å². The SMILES string of the molecule is C#CC#CC#COOC=O.CC(=O)OC[C@H]1O[C@H](OC(C)=O)[C@@H](OC(C)=O)[C@@H](OC(C)=O)[C@@H]1[N+](=O)[O-].[HH]. The Bertz CT molecular complexity index is 999. The molecular formula is C21H23NO14. The van der Waals surface area contributed by atoms with Gasteiger partial charge >= 0.3 is 30.3 Å². The predicted octanol–water partition coefficient (Wildman–Crippen LogP) is -0.719. The molecule has 1 aliphatic heterocycles. The maximum Gasteiger partial charge on any atom is 0.344 e. The second-order valence-corrected chi connectivity index (χ2v) is 6.28. The van der Waals surface area contributed by atoms with Crippen LogP contribution < -0.4 is 0 Å². The Hall–Kier alpha value is -4.81. The first kappa shape index (κ1) is 31.2. The molecule has 0 aromatic rings. The molecule has 0 saturated carbocycles. The Balaban J connectivity index is 0. The van der Waals surface area contributed by atoms with Crippen LogP contribution in [0.15, 0.2) is 0 Å². The molecule has 0 aliphatic carbocycles. The van der Waals surface area contributed by atoms with Crippen LogP contribution in [0.2, 0.25) is 0 Å². The largest absolute Gasteiger partial charge is 0.463 e. The van der Waals surface area contributed by atoms with E-state index in [-0.39, 0.29) is 7.90 Å². The zero-order valence-corrected chi connectivity index (χ0v) is 19.4. The third-order valence-corrected chi connectivity index (χ3v) is 3.58. The van der Waals surface area contributed by atoms with E-state index in [0.717, 1.165) is 27.7 Å². The molecule has 36 heavy (non-hydrogen) atoms. The normalized spacial score (nSPS) is 21.4. The Morgan fingerprint density at radius 3 is 2.03 bits per heavy atom. The van der Waals surface area contributed by atoms with E-state index in [2.05, 4.69) is 27.5 Å². The lowest BCUT2D eigenvalue weighted by molar-refractivity contribution is -0.562. The summed E-state index contributed by atoms with van der Waals surface area (Å²) in [5.41, 5.74) is 0. The number of rotatable bonds is 8. The minimum atomic E-state index is -1.74. The highest BCUT2D eigenvalue weighted by Crippen LogP contribution is 2.29. The number of carbonyl (C=O) groups is 5. The molecule has 0 bridgehead atoms. The van der Waals surface area contributed by atoms with Gasteiger partial charge in [-0.15, -0.1) is 6.42 Å². The smallest absolute Gasteiger partial charge is 0.344 e. The molecule has 1 fully saturated rings. The molecular weight excluding hydrogens is 490 g/mol. The third-order valence-electron chi connectivity index (χ3n) is 3.58. The van der Waals surface area contributed by atoms with E-state index < -0.39 is 66.1 Å². The van der Waals surface area contributed by atoms with Crippen molar-refractivity contribution in [2.24, 2.45) is 0 Å². The maximum absolute atomic E-state index is 11.5. The molecule has 1 heterocycles. The van der Waals surface area contributed by atoms with Crippen molar-refractivity contribution in [3.8, 4) is 36.2 Å². The summed E-state index contributed by atoms with van der Waals surface area (Å²) >= 11 is 0. The average Bonchev–Trinajstić information content (AvgIpc) is 2.76. The van der Waals surface area contributed by atoms with Gasteiger partial charge in [-0.05, 0) is 11.8 Å². The van der Waals surface area contributed by atoms with Crippen LogP contribution in [0.3, 0.4) is 0 Å². The van der Waals surface area contributed by atoms with Gasteiger partial charge in [0.05, 0.1) is 0 Å². The van der Waals surface area contributed by atoms with Gasteiger partial charge in [-0.2, -0.15) is 0 Å². The van der Waals surface area contributed by atoms with E-state index in [9.17, 15) is 34.1 Å². The van der Waals surface area contributed by atoms with Crippen LogP contribution in [-0.4, -0.2) is 72.5 Å². The second-order valence-electron chi connectivity index (χ2n) is 6.28. The van der Waals surface area contributed by atoms with Crippen molar-refractivity contribution in [2.45, 2.75) is 58.3 Å². The molecule has 1 aliphatic rings. The van der Waals surface area contributed by atoms with Crippen LogP contribution in [0, 0.1) is 46.3 Å². The quantitative estimate of drug-likeness (QED) is 0.0577. The van der Waals surface area contributed by atoms with Crippen molar-refractivity contribution >= 4 is 30.3 Å². The number of hydrogen-bond acceptors (Lipinski definition) is 14. The van der Waals surface area contributed by atoms with Gasteiger partial charge in [0.1, 0.15) is 6.61 Å². The summed E-state index contributed by atoms with van der Waals surface area (Å²) in [6.07, 6.45) is 0.463. The fourth-order valence-corrected chi connectivity index (χ4v) is 2.54. The first-order valence-electron chi connectivity index (χ1n) is 9.60. The molecule has 5 atom stereocenters. The number of nitrogens with zero attached hydrogens (tertiary/aromatic N) is 1. The van der Waals surface area contributed by atoms with E-state index in [4.69, 9.17) is 30.1 Å². The van der Waals surface area contributed by atoms with Gasteiger partial charge in [0.25, 0.3) is 6.04 Å². The van der Waals surface area contributed by atoms with Crippen molar-refractivity contribution in [3.05, 3.63) is 10.1 Å². The molecule has 15 nitrogen and oxygen atoms in total. The van der Waals surface area contributed by atoms with Gasteiger partial charge in [-0.3, -0.25) is 34.1 Å². The Kier molecular flexibility index (Phi) is 14.5.